The van der Waals surface area contributed by atoms with Crippen LogP contribution < -0.4 is 15.4 Å². The molecule has 3 aromatic rings. The Morgan fingerprint density at radius 1 is 1.11 bits per heavy atom. The van der Waals surface area contributed by atoms with Crippen molar-refractivity contribution in [2.45, 2.75) is 52.2 Å². The van der Waals surface area contributed by atoms with E-state index >= 15 is 0 Å². The predicted molar refractivity (Wildman–Crippen MR) is 132 cm³/mol. The SMILES string of the molecule is CCc1cc(-c2nc(-c3cc(C)c(OC[C@H](O)CC(O)C(N)=O)c(CC)c3)no2)cc(N(C)C)n1. The molecule has 0 aliphatic carbocycles. The Labute approximate surface area is 204 Å². The number of primary amides is 1. The van der Waals surface area contributed by atoms with Gasteiger partial charge in [0.05, 0.1) is 6.10 Å². The molecule has 1 amide bonds. The lowest BCUT2D eigenvalue weighted by atomic mass is 10.0. The van der Waals surface area contributed by atoms with E-state index in [9.17, 15) is 15.0 Å². The van der Waals surface area contributed by atoms with E-state index in [2.05, 4.69) is 15.1 Å². The fourth-order valence-electron chi connectivity index (χ4n) is 3.63. The van der Waals surface area contributed by atoms with Crippen LogP contribution in [0.5, 0.6) is 5.75 Å². The molecule has 2 atom stereocenters. The molecule has 188 valence electrons. The van der Waals surface area contributed by atoms with E-state index in [0.717, 1.165) is 40.2 Å². The highest BCUT2D eigenvalue weighted by Crippen LogP contribution is 2.32. The molecule has 1 aromatic carbocycles. The number of ether oxygens (including phenoxy) is 1. The van der Waals surface area contributed by atoms with Gasteiger partial charge in [-0.3, -0.25) is 4.79 Å². The number of benzene rings is 1. The number of rotatable bonds is 11. The molecule has 1 unspecified atom stereocenters. The third-order valence-corrected chi connectivity index (χ3v) is 5.59. The van der Waals surface area contributed by atoms with Crippen LogP contribution in [0.1, 0.15) is 37.1 Å². The first-order valence-electron chi connectivity index (χ1n) is 11.6. The van der Waals surface area contributed by atoms with E-state index < -0.39 is 18.1 Å². The molecule has 0 aliphatic heterocycles. The first-order valence-corrected chi connectivity index (χ1v) is 11.6. The van der Waals surface area contributed by atoms with Crippen LogP contribution in [0, 0.1) is 6.92 Å². The van der Waals surface area contributed by atoms with Crippen molar-refractivity contribution in [3.63, 3.8) is 0 Å². The van der Waals surface area contributed by atoms with Crippen molar-refractivity contribution in [2.75, 3.05) is 25.6 Å². The fraction of sp³-hybridized carbons (Fsp3) is 0.440. The van der Waals surface area contributed by atoms with Gasteiger partial charge in [0.1, 0.15) is 24.3 Å². The monoisotopic (exact) mass is 483 g/mol. The van der Waals surface area contributed by atoms with E-state index in [-0.39, 0.29) is 13.0 Å². The van der Waals surface area contributed by atoms with Crippen molar-refractivity contribution >= 4 is 11.7 Å². The number of aromatic nitrogens is 3. The Balaban J connectivity index is 1.84. The summed E-state index contributed by atoms with van der Waals surface area (Å²) in [6, 6.07) is 7.68. The Morgan fingerprint density at radius 2 is 1.86 bits per heavy atom. The van der Waals surface area contributed by atoms with Crippen LogP contribution in [0.25, 0.3) is 22.8 Å². The predicted octanol–water partition coefficient (Wildman–Crippen LogP) is 2.27. The molecule has 0 saturated carbocycles. The molecule has 2 heterocycles. The number of nitrogens with two attached hydrogens (primary N) is 1. The lowest BCUT2D eigenvalue weighted by Gasteiger charge is -2.18. The Hall–Kier alpha value is -3.50. The van der Waals surface area contributed by atoms with Crippen LogP contribution in [-0.2, 0) is 17.6 Å². The summed E-state index contributed by atoms with van der Waals surface area (Å²) in [5, 5.41) is 23.8. The topological polar surface area (TPSA) is 148 Å². The zero-order valence-electron chi connectivity index (χ0n) is 20.8. The van der Waals surface area contributed by atoms with E-state index in [1.165, 1.54) is 0 Å². The van der Waals surface area contributed by atoms with Gasteiger partial charge in [0.2, 0.25) is 11.7 Å². The van der Waals surface area contributed by atoms with Gasteiger partial charge in [-0.05, 0) is 55.2 Å². The highest BCUT2D eigenvalue weighted by Gasteiger charge is 2.20. The Bertz CT molecular complexity index is 1180. The maximum Gasteiger partial charge on any atom is 0.258 e. The molecule has 0 radical (unpaired) electrons. The number of carbonyl (C=O) groups excluding carboxylic acids is 1. The molecule has 2 aromatic heterocycles. The average molecular weight is 484 g/mol. The second-order valence-electron chi connectivity index (χ2n) is 8.63. The normalized spacial score (nSPS) is 12.9. The van der Waals surface area contributed by atoms with E-state index in [1.54, 1.807) is 0 Å². The first kappa shape index (κ1) is 26.1. The van der Waals surface area contributed by atoms with Crippen LogP contribution in [0.15, 0.2) is 28.8 Å². The molecule has 0 spiro atoms. The highest BCUT2D eigenvalue weighted by atomic mass is 16.5. The maximum absolute atomic E-state index is 11.0. The number of hydrogen-bond donors (Lipinski definition) is 3. The number of pyridine rings is 1. The molecule has 0 bridgehead atoms. The van der Waals surface area contributed by atoms with Crippen LogP contribution in [0.4, 0.5) is 5.82 Å². The summed E-state index contributed by atoms with van der Waals surface area (Å²) in [6.07, 6.45) is -1.19. The molecule has 10 nitrogen and oxygen atoms in total. The first-order chi connectivity index (χ1) is 16.6. The number of aliphatic hydroxyl groups is 2. The Kier molecular flexibility index (Phi) is 8.42. The number of anilines is 1. The van der Waals surface area contributed by atoms with Crippen LogP contribution >= 0.6 is 0 Å². The number of carbonyl (C=O) groups is 1. The van der Waals surface area contributed by atoms with Crippen molar-refractivity contribution in [3.8, 4) is 28.6 Å². The minimum absolute atomic E-state index is 0.0834. The molecule has 4 N–H and O–H groups in total. The quantitative estimate of drug-likeness (QED) is 0.373. The molecular formula is C25H33N5O5. The summed E-state index contributed by atoms with van der Waals surface area (Å²) in [5.74, 6) is 1.43. The smallest absolute Gasteiger partial charge is 0.258 e. The maximum atomic E-state index is 11.0. The van der Waals surface area contributed by atoms with Gasteiger partial charge in [0, 0.05) is 37.3 Å². The summed E-state index contributed by atoms with van der Waals surface area (Å²) >= 11 is 0. The van der Waals surface area contributed by atoms with E-state index in [0.29, 0.717) is 23.9 Å². The lowest BCUT2D eigenvalue weighted by molar-refractivity contribution is -0.127. The van der Waals surface area contributed by atoms with Gasteiger partial charge in [-0.15, -0.1) is 0 Å². The molecule has 0 aliphatic rings. The van der Waals surface area contributed by atoms with Crippen LogP contribution in [0.3, 0.4) is 0 Å². The number of hydrogen-bond acceptors (Lipinski definition) is 9. The molecule has 35 heavy (non-hydrogen) atoms. The van der Waals surface area contributed by atoms with Crippen molar-refractivity contribution in [1.29, 1.82) is 0 Å². The molecule has 0 fully saturated rings. The number of aliphatic hydroxyl groups excluding tert-OH is 2. The summed E-state index contributed by atoms with van der Waals surface area (Å²) in [5.41, 5.74) is 9.30. The molecule has 3 rings (SSSR count). The van der Waals surface area contributed by atoms with E-state index in [4.69, 9.17) is 15.0 Å². The number of amides is 1. The zero-order valence-corrected chi connectivity index (χ0v) is 20.8. The summed E-state index contributed by atoms with van der Waals surface area (Å²) in [4.78, 5) is 22.2. The van der Waals surface area contributed by atoms with Crippen molar-refractivity contribution < 1.29 is 24.3 Å². The molecular weight excluding hydrogens is 450 g/mol. The van der Waals surface area contributed by atoms with Gasteiger partial charge in [-0.25, -0.2) is 4.98 Å². The molecule has 10 heteroatoms. The molecule has 0 saturated heterocycles. The average Bonchev–Trinajstić information content (AvgIpc) is 3.32. The van der Waals surface area contributed by atoms with Gasteiger partial charge < -0.3 is 30.1 Å². The van der Waals surface area contributed by atoms with Crippen LogP contribution in [0.2, 0.25) is 0 Å². The second-order valence-corrected chi connectivity index (χ2v) is 8.63. The summed E-state index contributed by atoms with van der Waals surface area (Å²) in [7, 11) is 3.87. The minimum Gasteiger partial charge on any atom is -0.490 e. The van der Waals surface area contributed by atoms with Crippen molar-refractivity contribution in [2.24, 2.45) is 5.73 Å². The van der Waals surface area contributed by atoms with Gasteiger partial charge in [-0.1, -0.05) is 19.0 Å². The number of aryl methyl sites for hydroxylation is 3. The summed E-state index contributed by atoms with van der Waals surface area (Å²) < 4.78 is 11.4. The largest absolute Gasteiger partial charge is 0.490 e. The van der Waals surface area contributed by atoms with Gasteiger partial charge >= 0.3 is 0 Å². The van der Waals surface area contributed by atoms with Crippen molar-refractivity contribution in [3.05, 3.63) is 41.1 Å². The summed E-state index contributed by atoms with van der Waals surface area (Å²) in [6.45, 7) is 5.85. The number of nitrogens with zero attached hydrogens (tertiary/aromatic N) is 4. The third-order valence-electron chi connectivity index (χ3n) is 5.59. The third kappa shape index (κ3) is 6.34. The highest BCUT2D eigenvalue weighted by molar-refractivity contribution is 5.78. The van der Waals surface area contributed by atoms with Gasteiger partial charge in [-0.2, -0.15) is 4.98 Å². The van der Waals surface area contributed by atoms with Gasteiger partial charge in [0.25, 0.3) is 5.89 Å². The zero-order chi connectivity index (χ0) is 25.7. The Morgan fingerprint density at radius 3 is 2.49 bits per heavy atom. The van der Waals surface area contributed by atoms with E-state index in [1.807, 2.05) is 64.0 Å². The lowest BCUT2D eigenvalue weighted by Crippen LogP contribution is -2.33. The van der Waals surface area contributed by atoms with Gasteiger partial charge in [0.15, 0.2) is 0 Å². The fourth-order valence-corrected chi connectivity index (χ4v) is 3.63. The van der Waals surface area contributed by atoms with Crippen LogP contribution in [-0.4, -0.2) is 64.2 Å². The standard InChI is InChI=1S/C25H33N5O5/c1-6-15-9-16(8-14(3)22(15)34-13-19(31)12-20(32)23(26)33)24-28-25(35-29-24)17-10-18(7-2)27-21(11-17)30(4)5/h8-11,19-20,31-32H,6-7,12-13H2,1-5H3,(H2,26,33)/t19-,20?/m1/s1. The second kappa shape index (κ2) is 11.3. The van der Waals surface area contributed by atoms with Crippen molar-refractivity contribution in [1.82, 2.24) is 15.1 Å². The minimum atomic E-state index is -1.42.